The van der Waals surface area contributed by atoms with Crippen LogP contribution in [-0.4, -0.2) is 52.3 Å². The summed E-state index contributed by atoms with van der Waals surface area (Å²) in [6.45, 7) is 2.76. The molecular formula is C15H20F3N3O2. The summed E-state index contributed by atoms with van der Waals surface area (Å²) >= 11 is 0. The predicted molar refractivity (Wildman–Crippen MR) is 75.9 cm³/mol. The van der Waals surface area contributed by atoms with E-state index in [-0.39, 0.29) is 24.0 Å². The molecule has 5 nitrogen and oxygen atoms in total. The highest BCUT2D eigenvalue weighted by atomic mass is 19.4. The molecule has 0 bridgehead atoms. The fourth-order valence-corrected chi connectivity index (χ4v) is 2.92. The standard InChI is InChI=1S/C15H20F3N3O2/c16-15(17,18)13-19-6-1-12(20-13)23-11-2-7-21(8-3-11)9-14(10-22)4-5-14/h1,6,11,22H,2-5,7-10H2. The van der Waals surface area contributed by atoms with Gasteiger partial charge in [0.15, 0.2) is 0 Å². The first-order valence-electron chi connectivity index (χ1n) is 7.80. The molecule has 0 radical (unpaired) electrons. The van der Waals surface area contributed by atoms with Crippen molar-refractivity contribution in [3.05, 3.63) is 18.1 Å². The lowest BCUT2D eigenvalue weighted by atomic mass is 10.0. The lowest BCUT2D eigenvalue weighted by molar-refractivity contribution is -0.145. The summed E-state index contributed by atoms with van der Waals surface area (Å²) in [5.41, 5.74) is 0.0853. The third-order valence-electron chi connectivity index (χ3n) is 4.56. The van der Waals surface area contributed by atoms with Gasteiger partial charge < -0.3 is 14.7 Å². The summed E-state index contributed by atoms with van der Waals surface area (Å²) in [7, 11) is 0. The van der Waals surface area contributed by atoms with Crippen molar-refractivity contribution < 1.29 is 23.0 Å². The number of ether oxygens (including phenoxy) is 1. The SMILES string of the molecule is OCC1(CN2CCC(Oc3ccnc(C(F)(F)F)n3)CC2)CC1. The molecule has 2 aliphatic rings. The van der Waals surface area contributed by atoms with E-state index in [1.807, 2.05) is 0 Å². The van der Waals surface area contributed by atoms with Crippen LogP contribution in [0.5, 0.6) is 5.88 Å². The van der Waals surface area contributed by atoms with Crippen LogP contribution in [0.25, 0.3) is 0 Å². The molecule has 8 heteroatoms. The summed E-state index contributed by atoms with van der Waals surface area (Å²) in [5.74, 6) is -1.20. The van der Waals surface area contributed by atoms with Gasteiger partial charge in [-0.2, -0.15) is 18.2 Å². The molecule has 0 aromatic carbocycles. The predicted octanol–water partition coefficient (Wildman–Crippen LogP) is 2.11. The first-order valence-corrected chi connectivity index (χ1v) is 7.80. The molecule has 0 unspecified atom stereocenters. The Bertz CT molecular complexity index is 541. The van der Waals surface area contributed by atoms with E-state index in [1.54, 1.807) is 0 Å². The van der Waals surface area contributed by atoms with Gasteiger partial charge in [0.05, 0.1) is 0 Å². The van der Waals surface area contributed by atoms with E-state index in [4.69, 9.17) is 4.74 Å². The van der Waals surface area contributed by atoms with Gasteiger partial charge >= 0.3 is 6.18 Å². The molecule has 3 rings (SSSR count). The number of likely N-dealkylation sites (tertiary alicyclic amines) is 1. The van der Waals surface area contributed by atoms with Crippen LogP contribution < -0.4 is 4.74 Å². The molecule has 1 N–H and O–H groups in total. The fraction of sp³-hybridized carbons (Fsp3) is 0.733. The van der Waals surface area contributed by atoms with Crippen LogP contribution in [0, 0.1) is 5.41 Å². The monoisotopic (exact) mass is 331 g/mol. The van der Waals surface area contributed by atoms with Crippen LogP contribution in [0.15, 0.2) is 12.3 Å². The maximum absolute atomic E-state index is 12.6. The van der Waals surface area contributed by atoms with Crippen molar-refractivity contribution in [2.24, 2.45) is 5.41 Å². The molecule has 23 heavy (non-hydrogen) atoms. The highest BCUT2D eigenvalue weighted by Gasteiger charge is 2.43. The Morgan fingerprint density at radius 1 is 1.30 bits per heavy atom. The summed E-state index contributed by atoms with van der Waals surface area (Å²) in [6, 6.07) is 1.35. The smallest absolute Gasteiger partial charge is 0.451 e. The number of aromatic nitrogens is 2. The topological polar surface area (TPSA) is 58.5 Å². The molecule has 1 aromatic heterocycles. The Labute approximate surface area is 132 Å². The number of aliphatic hydroxyl groups excluding tert-OH is 1. The van der Waals surface area contributed by atoms with Gasteiger partial charge in [0.2, 0.25) is 11.7 Å². The average Bonchev–Trinajstić information content (AvgIpc) is 3.29. The van der Waals surface area contributed by atoms with E-state index < -0.39 is 12.0 Å². The van der Waals surface area contributed by atoms with Gasteiger partial charge in [-0.1, -0.05) is 0 Å². The third-order valence-corrected chi connectivity index (χ3v) is 4.56. The highest BCUT2D eigenvalue weighted by molar-refractivity contribution is 5.10. The summed E-state index contributed by atoms with van der Waals surface area (Å²) in [6.07, 6.45) is -0.00202. The molecular weight excluding hydrogens is 311 g/mol. The molecule has 0 spiro atoms. The quantitative estimate of drug-likeness (QED) is 0.895. The van der Waals surface area contributed by atoms with Gasteiger partial charge in [-0.25, -0.2) is 4.98 Å². The van der Waals surface area contributed by atoms with Gasteiger partial charge in [-0.15, -0.1) is 0 Å². The molecule has 1 aliphatic heterocycles. The Morgan fingerprint density at radius 3 is 2.57 bits per heavy atom. The molecule has 0 atom stereocenters. The summed E-state index contributed by atoms with van der Waals surface area (Å²) in [4.78, 5) is 8.96. The Morgan fingerprint density at radius 2 is 2.00 bits per heavy atom. The van der Waals surface area contributed by atoms with Crippen LogP contribution in [0.3, 0.4) is 0 Å². The normalized spacial score (nSPS) is 22.1. The molecule has 1 aromatic rings. The van der Waals surface area contributed by atoms with Crippen LogP contribution >= 0.6 is 0 Å². The van der Waals surface area contributed by atoms with Gasteiger partial charge in [-0.05, 0) is 25.7 Å². The second-order valence-corrected chi connectivity index (χ2v) is 6.47. The van der Waals surface area contributed by atoms with E-state index in [2.05, 4.69) is 14.9 Å². The Balaban J connectivity index is 1.51. The van der Waals surface area contributed by atoms with Gasteiger partial charge in [0, 0.05) is 43.9 Å². The number of alkyl halides is 3. The molecule has 2 fully saturated rings. The minimum Gasteiger partial charge on any atom is -0.474 e. The lowest BCUT2D eigenvalue weighted by Gasteiger charge is -2.33. The zero-order valence-corrected chi connectivity index (χ0v) is 12.7. The zero-order valence-electron chi connectivity index (χ0n) is 12.7. The molecule has 1 aliphatic carbocycles. The van der Waals surface area contributed by atoms with Gasteiger partial charge in [-0.3, -0.25) is 0 Å². The van der Waals surface area contributed by atoms with E-state index in [1.165, 1.54) is 6.07 Å². The first kappa shape index (κ1) is 16.4. The van der Waals surface area contributed by atoms with Crippen molar-refractivity contribution in [2.45, 2.75) is 38.0 Å². The fourth-order valence-electron chi connectivity index (χ4n) is 2.92. The second-order valence-electron chi connectivity index (χ2n) is 6.47. The zero-order chi connectivity index (χ0) is 16.5. The van der Waals surface area contributed by atoms with Crippen molar-refractivity contribution in [1.29, 1.82) is 0 Å². The number of halogens is 3. The minimum atomic E-state index is -4.56. The molecule has 128 valence electrons. The lowest BCUT2D eigenvalue weighted by Crippen LogP contribution is -2.41. The van der Waals surface area contributed by atoms with Crippen molar-refractivity contribution in [2.75, 3.05) is 26.2 Å². The molecule has 1 saturated carbocycles. The van der Waals surface area contributed by atoms with E-state index in [0.29, 0.717) is 0 Å². The maximum Gasteiger partial charge on any atom is 0.451 e. The number of aliphatic hydroxyl groups is 1. The average molecular weight is 331 g/mol. The number of rotatable bonds is 5. The van der Waals surface area contributed by atoms with Crippen LogP contribution in [-0.2, 0) is 6.18 Å². The van der Waals surface area contributed by atoms with Crippen molar-refractivity contribution >= 4 is 0 Å². The maximum atomic E-state index is 12.6. The Kier molecular flexibility index (Phi) is 4.46. The largest absolute Gasteiger partial charge is 0.474 e. The molecule has 1 saturated heterocycles. The van der Waals surface area contributed by atoms with E-state index in [9.17, 15) is 18.3 Å². The molecule has 2 heterocycles. The minimum absolute atomic E-state index is 0.0280. The number of piperidine rings is 1. The number of hydrogen-bond donors (Lipinski definition) is 1. The van der Waals surface area contributed by atoms with Crippen LogP contribution in [0.1, 0.15) is 31.5 Å². The van der Waals surface area contributed by atoms with Crippen molar-refractivity contribution in [1.82, 2.24) is 14.9 Å². The van der Waals surface area contributed by atoms with Crippen molar-refractivity contribution in [3.63, 3.8) is 0 Å². The van der Waals surface area contributed by atoms with Gasteiger partial charge in [0.25, 0.3) is 0 Å². The van der Waals surface area contributed by atoms with Crippen molar-refractivity contribution in [3.8, 4) is 5.88 Å². The second kappa shape index (κ2) is 6.24. The number of hydrogen-bond acceptors (Lipinski definition) is 5. The third kappa shape index (κ3) is 4.11. The summed E-state index contributed by atoms with van der Waals surface area (Å²) in [5, 5.41) is 9.37. The van der Waals surface area contributed by atoms with Gasteiger partial charge in [0.1, 0.15) is 6.10 Å². The van der Waals surface area contributed by atoms with Crippen LogP contribution in [0.2, 0.25) is 0 Å². The van der Waals surface area contributed by atoms with E-state index >= 15 is 0 Å². The summed E-state index contributed by atoms with van der Waals surface area (Å²) < 4.78 is 43.3. The van der Waals surface area contributed by atoms with Crippen LogP contribution in [0.4, 0.5) is 13.2 Å². The highest BCUT2D eigenvalue weighted by Crippen LogP contribution is 2.45. The Hall–Kier alpha value is -1.41. The number of nitrogens with zero attached hydrogens (tertiary/aromatic N) is 3. The first-order chi connectivity index (χ1) is 10.9. The van der Waals surface area contributed by atoms with E-state index in [0.717, 1.165) is 51.5 Å². The molecule has 0 amide bonds.